The second-order valence-corrected chi connectivity index (χ2v) is 11.1. The molecule has 2 amide bonds. The van der Waals surface area contributed by atoms with Crippen LogP contribution in [0.4, 0.5) is 0 Å². The van der Waals surface area contributed by atoms with Gasteiger partial charge in [-0.2, -0.15) is 4.91 Å². The van der Waals surface area contributed by atoms with Gasteiger partial charge in [-0.05, 0) is 52.2 Å². The average Bonchev–Trinajstić information content (AvgIpc) is 3.22. The van der Waals surface area contributed by atoms with E-state index in [9.17, 15) is 19.3 Å². The highest BCUT2D eigenvalue weighted by Crippen LogP contribution is 2.28. The van der Waals surface area contributed by atoms with Crippen molar-refractivity contribution in [2.45, 2.75) is 71.5 Å². The van der Waals surface area contributed by atoms with Gasteiger partial charge in [0, 0.05) is 39.5 Å². The number of carbonyl (C=O) groups is 3. The third kappa shape index (κ3) is 10.1. The molecule has 0 aromatic carbocycles. The van der Waals surface area contributed by atoms with Crippen LogP contribution in [0.5, 0.6) is 0 Å². The standard InChI is InChI=1S/C28H44N6O4S/c1-7-24(35)17-29-13-14-33(5)21(4)28(37)34(6)25(15-19(2)32-38)27(36)30-16-22-9-8-10-23(12-11-22)26-20(3)31-18-39-26/h8,10,12,18-19,21-22,25,29H,7,9,11,13-17H2,1-6H3,(H,30,36)/t19-,21?,22?,25-/m0/s1. The maximum absolute atomic E-state index is 13.3. The number of hydrogen-bond acceptors (Lipinski definition) is 9. The molecule has 216 valence electrons. The molecule has 2 unspecified atom stereocenters. The topological polar surface area (TPSA) is 124 Å². The van der Waals surface area contributed by atoms with Gasteiger partial charge in [0.1, 0.15) is 11.8 Å². The molecular formula is C28H44N6O4S. The molecule has 1 aliphatic rings. The number of thiazole rings is 1. The van der Waals surface area contributed by atoms with E-state index in [4.69, 9.17) is 0 Å². The van der Waals surface area contributed by atoms with E-state index in [0.717, 1.165) is 29.0 Å². The van der Waals surface area contributed by atoms with Crippen molar-refractivity contribution in [1.82, 2.24) is 25.4 Å². The summed E-state index contributed by atoms with van der Waals surface area (Å²) in [5.41, 5.74) is 4.02. The molecule has 0 bridgehead atoms. The number of nitrogens with zero attached hydrogens (tertiary/aromatic N) is 4. The predicted molar refractivity (Wildman–Crippen MR) is 156 cm³/mol. The summed E-state index contributed by atoms with van der Waals surface area (Å²) in [7, 11) is 3.44. The summed E-state index contributed by atoms with van der Waals surface area (Å²) >= 11 is 1.62. The Balaban J connectivity index is 1.98. The van der Waals surface area contributed by atoms with Crippen LogP contribution >= 0.6 is 11.3 Å². The summed E-state index contributed by atoms with van der Waals surface area (Å²) in [6.45, 7) is 9.17. The largest absolute Gasteiger partial charge is 0.354 e. The van der Waals surface area contributed by atoms with E-state index in [1.807, 2.05) is 31.3 Å². The zero-order valence-electron chi connectivity index (χ0n) is 24.1. The summed E-state index contributed by atoms with van der Waals surface area (Å²) in [4.78, 5) is 58.1. The number of rotatable bonds is 16. The number of Topliss-reactive ketones (excluding diaryl/α,β-unsaturated/α-hetero) is 1. The molecule has 1 aromatic rings. The van der Waals surface area contributed by atoms with E-state index in [2.05, 4.69) is 39.0 Å². The number of allylic oxidation sites excluding steroid dienone is 4. The minimum atomic E-state index is -0.811. The molecule has 39 heavy (non-hydrogen) atoms. The van der Waals surface area contributed by atoms with Crippen molar-refractivity contribution < 1.29 is 14.4 Å². The Morgan fingerprint density at radius 1 is 1.23 bits per heavy atom. The van der Waals surface area contributed by atoms with Gasteiger partial charge in [-0.1, -0.05) is 30.3 Å². The fourth-order valence-corrected chi connectivity index (χ4v) is 5.19. The van der Waals surface area contributed by atoms with E-state index in [-0.39, 0.29) is 29.9 Å². The lowest BCUT2D eigenvalue weighted by atomic mass is 10.0. The van der Waals surface area contributed by atoms with E-state index in [1.54, 1.807) is 32.2 Å². The first-order valence-electron chi connectivity index (χ1n) is 13.7. The quantitative estimate of drug-likeness (QED) is 0.235. The van der Waals surface area contributed by atoms with Crippen LogP contribution in [0.1, 0.15) is 57.0 Å². The van der Waals surface area contributed by atoms with Gasteiger partial charge >= 0.3 is 0 Å². The van der Waals surface area contributed by atoms with Gasteiger partial charge in [0.05, 0.1) is 34.7 Å². The van der Waals surface area contributed by atoms with Crippen LogP contribution in [0.3, 0.4) is 0 Å². The van der Waals surface area contributed by atoms with Crippen LogP contribution < -0.4 is 10.6 Å². The molecule has 0 fully saturated rings. The molecule has 0 saturated heterocycles. The Morgan fingerprint density at radius 2 is 1.97 bits per heavy atom. The van der Waals surface area contributed by atoms with Crippen molar-refractivity contribution in [1.29, 1.82) is 0 Å². The zero-order valence-corrected chi connectivity index (χ0v) is 24.9. The SMILES string of the molecule is CCC(=O)CNCCN(C)C(C)C(=O)N(C)[C@@H](C[C@H](C)N=O)C(=O)NCC1CC=CC(c2scnc2C)=CC1. The van der Waals surface area contributed by atoms with Crippen LogP contribution in [-0.2, 0) is 14.4 Å². The number of hydrogen-bond donors (Lipinski definition) is 2. The highest BCUT2D eigenvalue weighted by atomic mass is 32.1. The molecule has 10 nitrogen and oxygen atoms in total. The molecule has 0 spiro atoms. The van der Waals surface area contributed by atoms with Gasteiger partial charge < -0.3 is 15.5 Å². The first-order chi connectivity index (χ1) is 18.6. The molecule has 2 rings (SSSR count). The second kappa shape index (κ2) is 16.4. The first kappa shape index (κ1) is 32.5. The van der Waals surface area contributed by atoms with Crippen LogP contribution in [0, 0.1) is 17.7 Å². The maximum atomic E-state index is 13.3. The zero-order chi connectivity index (χ0) is 28.9. The van der Waals surface area contributed by atoms with Crippen molar-refractivity contribution in [2.75, 3.05) is 40.3 Å². The maximum Gasteiger partial charge on any atom is 0.242 e. The van der Waals surface area contributed by atoms with Gasteiger partial charge in [0.15, 0.2) is 0 Å². The number of amides is 2. The lowest BCUT2D eigenvalue weighted by molar-refractivity contribution is -0.142. The van der Waals surface area contributed by atoms with E-state index >= 15 is 0 Å². The Kier molecular flexibility index (Phi) is 13.6. The molecule has 0 saturated carbocycles. The highest BCUT2D eigenvalue weighted by molar-refractivity contribution is 7.11. The molecular weight excluding hydrogens is 516 g/mol. The van der Waals surface area contributed by atoms with Gasteiger partial charge in [-0.3, -0.25) is 19.3 Å². The Labute approximate surface area is 236 Å². The first-order valence-corrected chi connectivity index (χ1v) is 14.5. The van der Waals surface area contributed by atoms with Crippen molar-refractivity contribution in [3.8, 4) is 0 Å². The second-order valence-electron chi connectivity index (χ2n) is 10.3. The Bertz CT molecular complexity index is 1040. The molecule has 1 heterocycles. The van der Waals surface area contributed by atoms with E-state index in [0.29, 0.717) is 32.6 Å². The number of ketones is 1. The summed E-state index contributed by atoms with van der Waals surface area (Å²) in [6, 6.07) is -1.91. The molecule has 11 heteroatoms. The molecule has 0 radical (unpaired) electrons. The van der Waals surface area contributed by atoms with Gasteiger partial charge in [0.2, 0.25) is 11.8 Å². The fraction of sp³-hybridized carbons (Fsp3) is 0.643. The molecule has 2 N–H and O–H groups in total. The number of likely N-dealkylation sites (N-methyl/N-ethyl adjacent to an activating group) is 2. The monoisotopic (exact) mass is 560 g/mol. The van der Waals surface area contributed by atoms with Crippen LogP contribution in [-0.4, -0.2) is 90.8 Å². The third-order valence-corrected chi connectivity index (χ3v) is 8.23. The van der Waals surface area contributed by atoms with Gasteiger partial charge in [-0.15, -0.1) is 11.3 Å². The molecule has 1 aliphatic carbocycles. The normalized spacial score (nSPS) is 17.6. The lowest BCUT2D eigenvalue weighted by Gasteiger charge is -2.33. The summed E-state index contributed by atoms with van der Waals surface area (Å²) in [6.07, 6.45) is 8.70. The third-order valence-electron chi connectivity index (χ3n) is 7.25. The van der Waals surface area contributed by atoms with Crippen molar-refractivity contribution >= 4 is 34.5 Å². The van der Waals surface area contributed by atoms with Crippen molar-refractivity contribution in [3.63, 3.8) is 0 Å². The number of aromatic nitrogens is 1. The van der Waals surface area contributed by atoms with E-state index in [1.165, 1.54) is 4.90 Å². The van der Waals surface area contributed by atoms with Crippen molar-refractivity contribution in [2.24, 2.45) is 11.1 Å². The lowest BCUT2D eigenvalue weighted by Crippen LogP contribution is -2.54. The molecule has 0 aliphatic heterocycles. The highest BCUT2D eigenvalue weighted by Gasteiger charge is 2.32. The van der Waals surface area contributed by atoms with E-state index < -0.39 is 18.1 Å². The van der Waals surface area contributed by atoms with Crippen LogP contribution in [0.2, 0.25) is 0 Å². The van der Waals surface area contributed by atoms with Crippen LogP contribution in [0.15, 0.2) is 28.9 Å². The number of carbonyl (C=O) groups excluding carboxylic acids is 3. The summed E-state index contributed by atoms with van der Waals surface area (Å²) in [5, 5.41) is 9.19. The summed E-state index contributed by atoms with van der Waals surface area (Å²) < 4.78 is 0. The van der Waals surface area contributed by atoms with Crippen molar-refractivity contribution in [3.05, 3.63) is 39.2 Å². The minimum absolute atomic E-state index is 0.138. The minimum Gasteiger partial charge on any atom is -0.354 e. The number of nitrogens with one attached hydrogen (secondary N) is 2. The van der Waals surface area contributed by atoms with Gasteiger partial charge in [0.25, 0.3) is 0 Å². The molecule has 4 atom stereocenters. The molecule has 1 aromatic heterocycles. The Hall–Kier alpha value is -2.76. The number of nitroso groups, excluding NO2 is 1. The van der Waals surface area contributed by atoms with Crippen LogP contribution in [0.25, 0.3) is 5.57 Å². The predicted octanol–water partition coefficient (Wildman–Crippen LogP) is 3.18. The fourth-order valence-electron chi connectivity index (χ4n) is 4.37. The number of aryl methyl sites for hydroxylation is 1. The smallest absolute Gasteiger partial charge is 0.242 e. The van der Waals surface area contributed by atoms with Gasteiger partial charge in [-0.25, -0.2) is 4.98 Å². The average molecular weight is 561 g/mol. The Morgan fingerprint density at radius 3 is 2.62 bits per heavy atom. The summed E-state index contributed by atoms with van der Waals surface area (Å²) in [5.74, 6) is -0.146.